The molecule has 0 amide bonds. The quantitative estimate of drug-likeness (QED) is 0.366. The number of hydrogen-bond donors (Lipinski definition) is 0. The monoisotopic (exact) mass is 676 g/mol. The molecule has 21 heteroatoms. The van der Waals surface area contributed by atoms with Crippen LogP contribution < -0.4 is 25.5 Å². The van der Waals surface area contributed by atoms with Gasteiger partial charge in [-0.3, -0.25) is 0 Å². The Balaban J connectivity index is -0.0000000625. The van der Waals surface area contributed by atoms with Crippen LogP contribution in [0.15, 0.2) is 0 Å². The first-order chi connectivity index (χ1) is 12.8. The van der Waals surface area contributed by atoms with Crippen LogP contribution in [0.5, 0.6) is 0 Å². The molecule has 0 saturated carbocycles. The Morgan fingerprint density at radius 3 is 0.355 bits per heavy atom. The van der Waals surface area contributed by atoms with Crippen molar-refractivity contribution in [1.29, 1.82) is 0 Å². The van der Waals surface area contributed by atoms with Gasteiger partial charge in [0, 0.05) is 0 Å². The molecule has 0 aromatic heterocycles. The van der Waals surface area contributed by atoms with Crippen molar-refractivity contribution in [3.63, 3.8) is 0 Å². The summed E-state index contributed by atoms with van der Waals surface area (Å²) in [5, 5.41) is 43.8. The molecular formula is C10H10F15O5Ta. The van der Waals surface area contributed by atoms with Gasteiger partial charge < -0.3 is 25.5 Å². The average molecular weight is 676 g/mol. The Morgan fingerprint density at radius 2 is 0.355 bits per heavy atom. The van der Waals surface area contributed by atoms with Crippen molar-refractivity contribution in [2.45, 2.75) is 30.5 Å². The fraction of sp³-hybridized carbons (Fsp3) is 1.00. The summed E-state index contributed by atoms with van der Waals surface area (Å²) < 4.78 is 157. The molecule has 0 atom stereocenters. The van der Waals surface area contributed by atoms with Crippen LogP contribution in [0, 0.1) is 0 Å². The van der Waals surface area contributed by atoms with Crippen molar-refractivity contribution in [3.8, 4) is 0 Å². The second-order valence-corrected chi connectivity index (χ2v) is 3.85. The van der Waals surface area contributed by atoms with E-state index < -0.39 is 63.9 Å². The van der Waals surface area contributed by atoms with Crippen LogP contribution in [0.4, 0.5) is 65.9 Å². The fourth-order valence-corrected chi connectivity index (χ4v) is 0. The summed E-state index contributed by atoms with van der Waals surface area (Å²) in [6, 6.07) is 0. The number of hydrogen-bond acceptors (Lipinski definition) is 5. The summed E-state index contributed by atoms with van der Waals surface area (Å²) >= 11 is 0. The van der Waals surface area contributed by atoms with E-state index in [1.54, 1.807) is 0 Å². The molecular weight excluding hydrogens is 666 g/mol. The standard InChI is InChI=1S/5C2H2F3O.Ta/c5*3-1-2(4,5)6;/h5*1H2;/q5*-1;+5. The molecule has 0 aromatic rings. The summed E-state index contributed by atoms with van der Waals surface area (Å²) in [4.78, 5) is 0. The van der Waals surface area contributed by atoms with Gasteiger partial charge in [0.1, 0.15) is 33.4 Å². The second-order valence-electron chi connectivity index (χ2n) is 3.85. The molecule has 0 radical (unpaired) electrons. The van der Waals surface area contributed by atoms with Crippen molar-refractivity contribution in [3.05, 3.63) is 0 Å². The molecule has 5 nitrogen and oxygen atoms in total. The minimum absolute atomic E-state index is 0. The zero-order chi connectivity index (χ0) is 26.0. The molecule has 190 valence electrons. The predicted molar refractivity (Wildman–Crippen MR) is 54.6 cm³/mol. The van der Waals surface area contributed by atoms with E-state index in [0.717, 1.165) is 0 Å². The van der Waals surface area contributed by atoms with Crippen LogP contribution in [-0.4, -0.2) is 63.9 Å². The molecule has 0 unspecified atom stereocenters. The van der Waals surface area contributed by atoms with Crippen LogP contribution in [0.25, 0.3) is 0 Å². The minimum Gasteiger partial charge on any atom is -0.796 e. The normalized spacial score (nSPS) is 11.6. The third kappa shape index (κ3) is 106. The van der Waals surface area contributed by atoms with E-state index in [0.29, 0.717) is 0 Å². The summed E-state index contributed by atoms with van der Waals surface area (Å²) in [5.41, 5.74) is 0. The topological polar surface area (TPSA) is 115 Å². The van der Waals surface area contributed by atoms with Crippen LogP contribution in [0.1, 0.15) is 0 Å². The first-order valence-corrected chi connectivity index (χ1v) is 6.01. The van der Waals surface area contributed by atoms with Crippen molar-refractivity contribution in [1.82, 2.24) is 0 Å². The smallest absolute Gasteiger partial charge is 0.796 e. The van der Waals surface area contributed by atoms with Crippen molar-refractivity contribution in [2.75, 3.05) is 33.4 Å². The third-order valence-corrected chi connectivity index (χ3v) is 0.778. The van der Waals surface area contributed by atoms with E-state index in [2.05, 4.69) is 0 Å². The van der Waals surface area contributed by atoms with Gasteiger partial charge in [-0.2, -0.15) is 0 Å². The Labute approximate surface area is 178 Å². The largest absolute Gasteiger partial charge is 5.00 e. The average Bonchev–Trinajstić information content (AvgIpc) is 2.54. The molecule has 0 aromatic carbocycles. The zero-order valence-corrected chi connectivity index (χ0v) is 17.4. The first kappa shape index (κ1) is 44.2. The number of alkyl halides is 15. The maximum absolute atomic E-state index is 10.5. The molecule has 0 aliphatic carbocycles. The third-order valence-electron chi connectivity index (χ3n) is 0.778. The summed E-state index contributed by atoms with van der Waals surface area (Å²) in [6.07, 6.45) is -21.9. The van der Waals surface area contributed by atoms with E-state index in [-0.39, 0.29) is 22.4 Å². The molecule has 0 bridgehead atoms. The maximum Gasteiger partial charge on any atom is 5.00 e. The maximum atomic E-state index is 10.5. The molecule has 0 aliphatic heterocycles. The van der Waals surface area contributed by atoms with Crippen molar-refractivity contribution < 1.29 is 114 Å². The molecule has 0 spiro atoms. The molecule has 0 N–H and O–H groups in total. The van der Waals surface area contributed by atoms with E-state index in [9.17, 15) is 65.9 Å². The minimum atomic E-state index is -4.38. The van der Waals surface area contributed by atoms with E-state index in [4.69, 9.17) is 25.5 Å². The zero-order valence-electron chi connectivity index (χ0n) is 14.2. The summed E-state index contributed by atoms with van der Waals surface area (Å²) in [5.74, 6) is 0. The molecule has 0 aliphatic rings. The SMILES string of the molecule is [O-]C(F)(F)CF.[O-]C(F)(F)CF.[O-]C(F)(F)CF.[O-]C(F)(F)CF.[O-]C(F)(F)CF.[Ta+5]. The molecule has 0 heterocycles. The predicted octanol–water partition coefficient (Wildman–Crippen LogP) is -0.458. The van der Waals surface area contributed by atoms with E-state index >= 15 is 0 Å². The fourth-order valence-electron chi connectivity index (χ4n) is 0. The second kappa shape index (κ2) is 20.1. The number of rotatable bonds is 5. The Morgan fingerprint density at radius 1 is 0.323 bits per heavy atom. The Kier molecular flexibility index (Phi) is 28.7. The van der Waals surface area contributed by atoms with Gasteiger partial charge >= 0.3 is 22.4 Å². The van der Waals surface area contributed by atoms with Gasteiger partial charge in [-0.25, -0.2) is 65.9 Å². The van der Waals surface area contributed by atoms with Gasteiger partial charge in [-0.1, -0.05) is 0 Å². The molecule has 0 saturated heterocycles. The molecule has 0 rings (SSSR count). The van der Waals surface area contributed by atoms with E-state index in [1.807, 2.05) is 0 Å². The van der Waals surface area contributed by atoms with Crippen LogP contribution in [0.3, 0.4) is 0 Å². The van der Waals surface area contributed by atoms with Gasteiger partial charge in [0.05, 0.1) is 0 Å². The summed E-state index contributed by atoms with van der Waals surface area (Å²) in [7, 11) is 0. The molecule has 0 fully saturated rings. The van der Waals surface area contributed by atoms with Crippen LogP contribution >= 0.6 is 0 Å². The van der Waals surface area contributed by atoms with Crippen LogP contribution in [-0.2, 0) is 22.4 Å². The Bertz CT molecular complexity index is 280. The number of halogens is 15. The van der Waals surface area contributed by atoms with Gasteiger partial charge in [0.25, 0.3) is 0 Å². The van der Waals surface area contributed by atoms with Gasteiger partial charge in [-0.05, 0) is 0 Å². The van der Waals surface area contributed by atoms with Crippen molar-refractivity contribution in [2.24, 2.45) is 0 Å². The summed E-state index contributed by atoms with van der Waals surface area (Å²) in [6.45, 7) is -10.6. The van der Waals surface area contributed by atoms with Gasteiger partial charge in [0.15, 0.2) is 0 Å². The van der Waals surface area contributed by atoms with Gasteiger partial charge in [0.2, 0.25) is 30.5 Å². The molecule has 31 heavy (non-hydrogen) atoms. The van der Waals surface area contributed by atoms with Crippen molar-refractivity contribution >= 4 is 0 Å². The first-order valence-electron chi connectivity index (χ1n) is 6.01. The van der Waals surface area contributed by atoms with Gasteiger partial charge in [-0.15, -0.1) is 0 Å². The van der Waals surface area contributed by atoms with E-state index in [1.165, 1.54) is 0 Å². The van der Waals surface area contributed by atoms with Crippen LogP contribution in [0.2, 0.25) is 0 Å². The Hall–Kier alpha value is -0.510.